The number of ether oxygens (including phenoxy) is 1. The molecule has 2 aromatic heterocycles. The second-order valence-corrected chi connectivity index (χ2v) is 9.31. The molecule has 1 saturated heterocycles. The van der Waals surface area contributed by atoms with E-state index in [0.29, 0.717) is 12.2 Å². The summed E-state index contributed by atoms with van der Waals surface area (Å²) in [6.07, 6.45) is 1.04. The summed E-state index contributed by atoms with van der Waals surface area (Å²) in [7, 11) is -4.68. The average molecular weight is 459 g/mol. The van der Waals surface area contributed by atoms with E-state index >= 15 is 0 Å². The van der Waals surface area contributed by atoms with Crippen molar-refractivity contribution in [2.75, 3.05) is 11.5 Å². The van der Waals surface area contributed by atoms with Gasteiger partial charge in [-0.15, -0.1) is 5.10 Å². The molecule has 0 radical (unpaired) electrons. The molecule has 3 N–H and O–H groups in total. The van der Waals surface area contributed by atoms with Crippen molar-refractivity contribution in [3.05, 3.63) is 53.5 Å². The molecule has 0 bridgehead atoms. The molecule has 5 rings (SSSR count). The van der Waals surface area contributed by atoms with Crippen molar-refractivity contribution in [1.82, 2.24) is 20.0 Å². The number of hydrogen-bond donors (Lipinski definition) is 3. The number of amides is 1. The summed E-state index contributed by atoms with van der Waals surface area (Å²) < 4.78 is 11.7. The molecule has 1 aromatic carbocycles. The van der Waals surface area contributed by atoms with Gasteiger partial charge in [0, 0.05) is 0 Å². The van der Waals surface area contributed by atoms with Crippen LogP contribution in [0.2, 0.25) is 0 Å². The number of carbonyl (C=O) groups excluding carboxylic acids is 1. The van der Waals surface area contributed by atoms with Gasteiger partial charge in [-0.05, 0) is 13.8 Å². The Balaban J connectivity index is 1.38. The molecular formula is C20H22N5O6P. The monoisotopic (exact) mass is 459 g/mol. The number of nitrogens with zero attached hydrogens (tertiary/aromatic N) is 5. The van der Waals surface area contributed by atoms with Crippen molar-refractivity contribution < 1.29 is 28.7 Å². The number of rotatable bonds is 5. The summed E-state index contributed by atoms with van der Waals surface area (Å²) in [5.41, 5.74) is 5.34. The number of anilines is 1. The predicted molar refractivity (Wildman–Crippen MR) is 115 cm³/mol. The third-order valence-electron chi connectivity index (χ3n) is 5.84. The quantitative estimate of drug-likeness (QED) is 0.485. The number of fused-ring (bicyclic) bond motifs is 3. The van der Waals surface area contributed by atoms with Crippen LogP contribution in [0.3, 0.4) is 0 Å². The SMILES string of the molecule is Cc1nnn(-c2ccc(-c3ccc4c(c3)C[C@H]3[C@H](CO[PH](O)(O)O)OC(=O)N43)cn2)c1C. The minimum absolute atomic E-state index is 0.296. The van der Waals surface area contributed by atoms with Crippen LogP contribution in [-0.2, 0) is 15.7 Å². The molecule has 1 fully saturated rings. The van der Waals surface area contributed by atoms with Crippen LogP contribution in [0.25, 0.3) is 16.9 Å². The van der Waals surface area contributed by atoms with Gasteiger partial charge in [-0.1, -0.05) is 5.21 Å². The van der Waals surface area contributed by atoms with Gasteiger partial charge in [-0.25, -0.2) is 0 Å². The summed E-state index contributed by atoms with van der Waals surface area (Å²) in [5.74, 6) is 0.676. The van der Waals surface area contributed by atoms with Gasteiger partial charge in [0.05, 0.1) is 11.4 Å². The molecule has 12 heteroatoms. The van der Waals surface area contributed by atoms with Gasteiger partial charge < -0.3 is 0 Å². The minimum Gasteiger partial charge on any atom is -0.0201 e. The van der Waals surface area contributed by atoms with Crippen molar-refractivity contribution in [3.63, 3.8) is 0 Å². The molecule has 11 nitrogen and oxygen atoms in total. The summed E-state index contributed by atoms with van der Waals surface area (Å²) >= 11 is 0. The summed E-state index contributed by atoms with van der Waals surface area (Å²) in [6.45, 7) is 3.53. The van der Waals surface area contributed by atoms with Gasteiger partial charge in [0.2, 0.25) is 0 Å². The van der Waals surface area contributed by atoms with E-state index in [1.165, 1.54) is 0 Å². The number of pyridine rings is 1. The Bertz CT molecular complexity index is 1190. The van der Waals surface area contributed by atoms with Crippen molar-refractivity contribution in [2.45, 2.75) is 32.4 Å². The smallest absolute Gasteiger partial charge is 0.0201 e. The Morgan fingerprint density at radius 2 is 1.97 bits per heavy atom. The van der Waals surface area contributed by atoms with Crippen LogP contribution in [0.1, 0.15) is 17.0 Å². The first kappa shape index (κ1) is 20.9. The Hall–Kier alpha value is -2.95. The van der Waals surface area contributed by atoms with Crippen LogP contribution < -0.4 is 4.90 Å². The molecule has 2 aliphatic heterocycles. The normalized spacial score (nSPS) is 20.3. The fraction of sp³-hybridized carbons (Fsp3) is 0.300. The van der Waals surface area contributed by atoms with Gasteiger partial charge in [0.1, 0.15) is 0 Å². The first-order chi connectivity index (χ1) is 15.2. The maximum atomic E-state index is 12.4. The summed E-state index contributed by atoms with van der Waals surface area (Å²) in [5, 5.41) is 8.17. The van der Waals surface area contributed by atoms with Crippen LogP contribution in [0.5, 0.6) is 0 Å². The Labute approximate surface area is 183 Å². The predicted octanol–water partition coefficient (Wildman–Crippen LogP) is 1.60. The van der Waals surface area contributed by atoms with Crippen LogP contribution in [0.4, 0.5) is 10.5 Å². The zero-order valence-electron chi connectivity index (χ0n) is 17.3. The van der Waals surface area contributed by atoms with Gasteiger partial charge in [0.25, 0.3) is 0 Å². The number of carbonyl (C=O) groups is 1. The molecule has 32 heavy (non-hydrogen) atoms. The number of cyclic esters (lactones) is 1. The average Bonchev–Trinajstić information content (AvgIpc) is 3.39. The number of hydrogen-bond acceptors (Lipinski definition) is 9. The van der Waals surface area contributed by atoms with Gasteiger partial charge in [-0.3, -0.25) is 0 Å². The molecule has 4 heterocycles. The topological polar surface area (TPSA) is 143 Å². The van der Waals surface area contributed by atoms with E-state index in [2.05, 4.69) is 15.3 Å². The van der Waals surface area contributed by atoms with E-state index < -0.39 is 20.4 Å². The van der Waals surface area contributed by atoms with Crippen LogP contribution in [-0.4, -0.2) is 59.5 Å². The number of aryl methyl sites for hydroxylation is 1. The first-order valence-electron chi connectivity index (χ1n) is 10.0. The molecule has 2 aliphatic rings. The second kappa shape index (κ2) is 7.58. The maximum absolute atomic E-state index is 12.4. The van der Waals surface area contributed by atoms with E-state index in [9.17, 15) is 4.79 Å². The fourth-order valence-electron chi connectivity index (χ4n) is 4.10. The molecule has 3 aromatic rings. The molecule has 0 spiro atoms. The van der Waals surface area contributed by atoms with Gasteiger partial charge in [-0.2, -0.15) is 4.68 Å². The Morgan fingerprint density at radius 1 is 1.19 bits per heavy atom. The third-order valence-corrected chi connectivity index (χ3v) is 6.40. The zero-order chi connectivity index (χ0) is 22.6. The largest absolute Gasteiger partial charge is 0.0662 e. The first-order valence-corrected chi connectivity index (χ1v) is 11.8. The van der Waals surface area contributed by atoms with E-state index in [4.69, 9.17) is 23.9 Å². The molecule has 168 valence electrons. The van der Waals surface area contributed by atoms with Crippen molar-refractivity contribution in [1.29, 1.82) is 0 Å². The number of aromatic nitrogens is 4. The molecule has 0 aliphatic carbocycles. The summed E-state index contributed by atoms with van der Waals surface area (Å²) in [4.78, 5) is 45.7. The van der Waals surface area contributed by atoms with Crippen molar-refractivity contribution in [2.24, 2.45) is 0 Å². The number of benzene rings is 1. The van der Waals surface area contributed by atoms with Gasteiger partial charge >= 0.3 is 143 Å². The van der Waals surface area contributed by atoms with Crippen molar-refractivity contribution in [3.8, 4) is 16.9 Å². The fourth-order valence-corrected chi connectivity index (χ4v) is 4.49. The van der Waals surface area contributed by atoms with Crippen LogP contribution >= 0.6 is 8.17 Å². The zero-order valence-corrected chi connectivity index (χ0v) is 18.3. The Kier molecular flexibility index (Phi) is 4.95. The molecular weight excluding hydrogens is 437 g/mol. The third kappa shape index (κ3) is 3.64. The van der Waals surface area contributed by atoms with E-state index in [0.717, 1.165) is 33.8 Å². The van der Waals surface area contributed by atoms with E-state index in [-0.39, 0.29) is 12.6 Å². The molecule has 2 atom stereocenters. The van der Waals surface area contributed by atoms with Gasteiger partial charge in [0.15, 0.2) is 0 Å². The second-order valence-electron chi connectivity index (χ2n) is 7.87. The molecule has 0 saturated carbocycles. The Morgan fingerprint density at radius 3 is 2.62 bits per heavy atom. The van der Waals surface area contributed by atoms with E-state index in [1.807, 2.05) is 44.2 Å². The molecule has 0 unspecified atom stereocenters. The standard InChI is InChI=1S/C20H22N5O6P/c1-11-12(2)25(23-22-11)19-6-4-14(9-21-19)13-3-5-16-15(7-13)8-17-18(10-30-32(27,28)29)31-20(26)24(16)17/h3-7,9,17-18,27-29,32H,8,10H2,1-2H3/t17-,18-/m0/s1. The minimum atomic E-state index is -4.68. The molecule has 1 amide bonds. The summed E-state index contributed by atoms with van der Waals surface area (Å²) in [6, 6.07) is 9.26. The van der Waals surface area contributed by atoms with Crippen LogP contribution in [0, 0.1) is 13.8 Å². The maximum Gasteiger partial charge on any atom is 0.0662 e. The van der Waals surface area contributed by atoms with E-state index in [1.54, 1.807) is 15.8 Å². The van der Waals surface area contributed by atoms with Crippen LogP contribution in [0.15, 0.2) is 36.5 Å². The van der Waals surface area contributed by atoms with Crippen molar-refractivity contribution >= 4 is 20.0 Å².